The maximum absolute atomic E-state index is 12.4. The number of nitrogens with zero attached hydrogens (tertiary/aromatic N) is 3. The van der Waals surface area contributed by atoms with Crippen molar-refractivity contribution in [3.63, 3.8) is 0 Å². The molecule has 0 aliphatic carbocycles. The van der Waals surface area contributed by atoms with E-state index in [1.54, 1.807) is 28.8 Å². The van der Waals surface area contributed by atoms with Gasteiger partial charge in [0.2, 0.25) is 10.9 Å². The number of rotatable bonds is 5. The van der Waals surface area contributed by atoms with E-state index in [0.717, 1.165) is 16.8 Å². The van der Waals surface area contributed by atoms with Crippen LogP contribution in [0.1, 0.15) is 36.7 Å². The van der Waals surface area contributed by atoms with Crippen LogP contribution in [0.25, 0.3) is 16.2 Å². The van der Waals surface area contributed by atoms with Gasteiger partial charge in [-0.2, -0.15) is 4.98 Å². The second kappa shape index (κ2) is 8.72. The lowest BCUT2D eigenvalue weighted by Gasteiger charge is -2.19. The topological polar surface area (TPSA) is 88.4 Å². The van der Waals surface area contributed by atoms with Gasteiger partial charge >= 0.3 is 0 Å². The zero-order chi connectivity index (χ0) is 22.9. The molecule has 0 saturated carbocycles. The Morgan fingerprint density at radius 1 is 1.06 bits per heavy atom. The quantitative estimate of drug-likeness (QED) is 0.442. The molecule has 2 aromatic carbocycles. The summed E-state index contributed by atoms with van der Waals surface area (Å²) < 4.78 is 1.67. The molecule has 2 N–H and O–H groups in total. The van der Waals surface area contributed by atoms with Crippen molar-refractivity contribution in [1.82, 2.24) is 19.9 Å². The highest BCUT2D eigenvalue weighted by atomic mass is 35.5. The molecule has 7 nitrogen and oxygen atoms in total. The highest BCUT2D eigenvalue weighted by Gasteiger charge is 2.16. The number of carbonyl (C=O) groups is 2. The van der Waals surface area contributed by atoms with Gasteiger partial charge in [-0.05, 0) is 35.2 Å². The van der Waals surface area contributed by atoms with Crippen molar-refractivity contribution < 1.29 is 9.59 Å². The third-order valence-corrected chi connectivity index (χ3v) is 5.96. The van der Waals surface area contributed by atoms with E-state index in [4.69, 9.17) is 11.6 Å². The van der Waals surface area contributed by atoms with Gasteiger partial charge in [0.1, 0.15) is 0 Å². The van der Waals surface area contributed by atoms with Crippen molar-refractivity contribution in [3.8, 4) is 11.3 Å². The zero-order valence-electron chi connectivity index (χ0n) is 17.8. The number of anilines is 1. The molecule has 0 aliphatic heterocycles. The Bertz CT molecular complexity index is 1270. The van der Waals surface area contributed by atoms with Crippen LogP contribution in [0, 0.1) is 0 Å². The van der Waals surface area contributed by atoms with Crippen LogP contribution in [0.5, 0.6) is 0 Å². The minimum absolute atomic E-state index is 0.00757. The van der Waals surface area contributed by atoms with E-state index in [0.29, 0.717) is 15.5 Å². The van der Waals surface area contributed by atoms with Gasteiger partial charge < -0.3 is 5.32 Å². The van der Waals surface area contributed by atoms with Crippen LogP contribution in [0.4, 0.5) is 5.95 Å². The summed E-state index contributed by atoms with van der Waals surface area (Å²) >= 11 is 7.37. The number of amides is 2. The van der Waals surface area contributed by atoms with Crippen molar-refractivity contribution in [1.29, 1.82) is 0 Å². The van der Waals surface area contributed by atoms with Crippen LogP contribution in [0.3, 0.4) is 0 Å². The second-order valence-corrected chi connectivity index (χ2v) is 9.59. The molecule has 2 heterocycles. The molecule has 0 saturated heterocycles. The first-order valence-corrected chi connectivity index (χ1v) is 11.3. The fourth-order valence-electron chi connectivity index (χ4n) is 3.11. The molecule has 0 unspecified atom stereocenters. The zero-order valence-corrected chi connectivity index (χ0v) is 19.4. The lowest BCUT2D eigenvalue weighted by Crippen LogP contribution is -2.33. The third-order valence-electron chi connectivity index (χ3n) is 4.90. The fourth-order valence-corrected chi connectivity index (χ4v) is 4.06. The Kier molecular flexibility index (Phi) is 5.99. The Balaban J connectivity index is 1.38. The predicted octanol–water partition coefficient (Wildman–Crippen LogP) is 4.78. The Labute approximate surface area is 194 Å². The normalized spacial score (nSPS) is 11.5. The number of hydrogen-bond donors (Lipinski definition) is 2. The van der Waals surface area contributed by atoms with E-state index in [-0.39, 0.29) is 23.8 Å². The van der Waals surface area contributed by atoms with Crippen molar-refractivity contribution >= 4 is 45.7 Å². The van der Waals surface area contributed by atoms with Gasteiger partial charge in [0, 0.05) is 21.5 Å². The van der Waals surface area contributed by atoms with E-state index >= 15 is 0 Å². The lowest BCUT2D eigenvalue weighted by atomic mass is 9.87. The van der Waals surface area contributed by atoms with Gasteiger partial charge in [-0.15, -0.1) is 16.4 Å². The van der Waals surface area contributed by atoms with Crippen LogP contribution in [-0.4, -0.2) is 33.0 Å². The van der Waals surface area contributed by atoms with Crippen LogP contribution < -0.4 is 10.6 Å². The van der Waals surface area contributed by atoms with Crippen LogP contribution >= 0.6 is 22.9 Å². The van der Waals surface area contributed by atoms with Crippen molar-refractivity contribution in [2.24, 2.45) is 0 Å². The number of carbonyl (C=O) groups excluding carboxylic acids is 2. The first-order valence-electron chi connectivity index (χ1n) is 9.99. The Morgan fingerprint density at radius 3 is 2.41 bits per heavy atom. The first kappa shape index (κ1) is 22.0. The maximum atomic E-state index is 12.4. The van der Waals surface area contributed by atoms with Crippen molar-refractivity contribution in [2.75, 3.05) is 11.9 Å². The molecule has 2 amide bonds. The van der Waals surface area contributed by atoms with Gasteiger partial charge in [0.15, 0.2) is 0 Å². The molecular formula is C23H22ClN5O2S. The molecule has 0 radical (unpaired) electrons. The average Bonchev–Trinajstić information content (AvgIpc) is 3.32. The largest absolute Gasteiger partial charge is 0.343 e. The molecule has 0 fully saturated rings. The van der Waals surface area contributed by atoms with Gasteiger partial charge in [0.05, 0.1) is 12.2 Å². The minimum Gasteiger partial charge on any atom is -0.343 e. The van der Waals surface area contributed by atoms with Crippen LogP contribution in [0.2, 0.25) is 5.02 Å². The molecule has 9 heteroatoms. The van der Waals surface area contributed by atoms with Crippen LogP contribution in [0.15, 0.2) is 53.9 Å². The molecule has 4 aromatic rings. The summed E-state index contributed by atoms with van der Waals surface area (Å²) in [5.74, 6) is -0.541. The number of aromatic nitrogens is 3. The summed E-state index contributed by atoms with van der Waals surface area (Å²) in [7, 11) is 0. The summed E-state index contributed by atoms with van der Waals surface area (Å²) in [4.78, 5) is 29.6. The molecule has 0 bridgehead atoms. The van der Waals surface area contributed by atoms with E-state index in [9.17, 15) is 9.59 Å². The maximum Gasteiger partial charge on any atom is 0.251 e. The number of thiazole rings is 1. The second-order valence-electron chi connectivity index (χ2n) is 8.32. The highest BCUT2D eigenvalue weighted by Crippen LogP contribution is 2.27. The van der Waals surface area contributed by atoms with E-state index in [1.165, 1.54) is 11.3 Å². The van der Waals surface area contributed by atoms with Crippen LogP contribution in [-0.2, 0) is 10.2 Å². The van der Waals surface area contributed by atoms with Crippen molar-refractivity contribution in [3.05, 3.63) is 70.1 Å². The molecule has 0 spiro atoms. The number of hydrogen-bond acceptors (Lipinski definition) is 5. The van der Waals surface area contributed by atoms with E-state index < -0.39 is 5.91 Å². The average molecular weight is 468 g/mol. The molecule has 164 valence electrons. The minimum atomic E-state index is -0.407. The monoisotopic (exact) mass is 467 g/mol. The SMILES string of the molecule is CC(C)(C)c1ccc(C(=O)NCC(=O)Nc2nc3scc(-c4ccc(Cl)cc4)n3n2)cc1. The molecule has 32 heavy (non-hydrogen) atoms. The molecule has 2 aromatic heterocycles. The van der Waals surface area contributed by atoms with E-state index in [2.05, 4.69) is 41.5 Å². The van der Waals surface area contributed by atoms with Gasteiger partial charge in [-0.25, -0.2) is 4.52 Å². The summed E-state index contributed by atoms with van der Waals surface area (Å²) in [6, 6.07) is 14.8. The first-order chi connectivity index (χ1) is 15.2. The lowest BCUT2D eigenvalue weighted by molar-refractivity contribution is -0.115. The molecule has 0 aliphatic rings. The van der Waals surface area contributed by atoms with Gasteiger partial charge in [-0.3, -0.25) is 14.9 Å². The highest BCUT2D eigenvalue weighted by molar-refractivity contribution is 7.15. The smallest absolute Gasteiger partial charge is 0.251 e. The van der Waals surface area contributed by atoms with Gasteiger partial charge in [-0.1, -0.05) is 56.6 Å². The Morgan fingerprint density at radius 2 is 1.75 bits per heavy atom. The predicted molar refractivity (Wildman–Crippen MR) is 127 cm³/mol. The Hall–Kier alpha value is -3.23. The van der Waals surface area contributed by atoms with Gasteiger partial charge in [0.25, 0.3) is 11.9 Å². The molecule has 4 rings (SSSR count). The van der Waals surface area contributed by atoms with E-state index in [1.807, 2.05) is 29.6 Å². The number of halogens is 1. The summed E-state index contributed by atoms with van der Waals surface area (Å²) in [5.41, 5.74) is 3.43. The number of nitrogens with one attached hydrogen (secondary N) is 2. The summed E-state index contributed by atoms with van der Waals surface area (Å²) in [6.07, 6.45) is 0. The third kappa shape index (κ3) is 4.81. The number of fused-ring (bicyclic) bond motifs is 1. The standard InChI is InChI=1S/C23H22ClN5O2S/c1-23(2,3)16-8-4-15(5-9-16)20(31)25-12-19(30)26-21-27-22-29(28-21)18(13-32-22)14-6-10-17(24)11-7-14/h4-11,13H,12H2,1-3H3,(H,25,31)(H,26,28,30). The summed E-state index contributed by atoms with van der Waals surface area (Å²) in [5, 5.41) is 12.2. The molecular weight excluding hydrogens is 446 g/mol. The van der Waals surface area contributed by atoms with Crippen molar-refractivity contribution in [2.45, 2.75) is 26.2 Å². The molecule has 0 atom stereocenters. The summed E-state index contributed by atoms with van der Waals surface area (Å²) in [6.45, 7) is 6.15. The fraction of sp³-hybridized carbons (Fsp3) is 0.217. The number of benzene rings is 2.